The maximum absolute atomic E-state index is 13.0. The lowest BCUT2D eigenvalue weighted by Gasteiger charge is -2.25. The Labute approximate surface area is 162 Å². The first-order valence-corrected chi connectivity index (χ1v) is 8.89. The third kappa shape index (κ3) is 5.33. The maximum atomic E-state index is 13.0. The first kappa shape index (κ1) is 19.4. The zero-order chi connectivity index (χ0) is 20.0. The van der Waals surface area contributed by atoms with Gasteiger partial charge in [0.15, 0.2) is 5.60 Å². The van der Waals surface area contributed by atoms with Crippen molar-refractivity contribution in [3.8, 4) is 11.5 Å². The Kier molecular flexibility index (Phi) is 5.93. The van der Waals surface area contributed by atoms with E-state index >= 15 is 0 Å². The molecule has 1 aromatic heterocycles. The van der Waals surface area contributed by atoms with E-state index in [2.05, 4.69) is 10.4 Å². The third-order valence-electron chi connectivity index (χ3n) is 3.97. The highest BCUT2D eigenvalue weighted by Crippen LogP contribution is 2.22. The summed E-state index contributed by atoms with van der Waals surface area (Å²) < 4.78 is 26.2. The molecule has 7 heteroatoms. The Bertz CT molecular complexity index is 909. The fourth-order valence-electron chi connectivity index (χ4n) is 2.48. The van der Waals surface area contributed by atoms with Gasteiger partial charge in [0.1, 0.15) is 23.9 Å². The van der Waals surface area contributed by atoms with Gasteiger partial charge in [-0.2, -0.15) is 5.10 Å². The van der Waals surface area contributed by atoms with Crippen molar-refractivity contribution in [2.75, 3.05) is 11.9 Å². The average molecular weight is 383 g/mol. The second-order valence-corrected chi connectivity index (χ2v) is 6.67. The Morgan fingerprint density at radius 3 is 2.64 bits per heavy atom. The van der Waals surface area contributed by atoms with E-state index in [0.717, 1.165) is 0 Å². The Hall–Kier alpha value is -3.35. The summed E-state index contributed by atoms with van der Waals surface area (Å²) in [4.78, 5) is 12.6. The van der Waals surface area contributed by atoms with Gasteiger partial charge < -0.3 is 14.8 Å². The topological polar surface area (TPSA) is 65.4 Å². The SMILES string of the molecule is CC(C)(Oc1ccc(F)cc1)C(=O)Nc1cccc(OCCn2cccn2)c1. The van der Waals surface area contributed by atoms with Gasteiger partial charge in [0.25, 0.3) is 5.91 Å². The van der Waals surface area contributed by atoms with Crippen LogP contribution in [0, 0.1) is 5.82 Å². The summed E-state index contributed by atoms with van der Waals surface area (Å²) in [7, 11) is 0. The first-order chi connectivity index (χ1) is 13.4. The summed E-state index contributed by atoms with van der Waals surface area (Å²) in [5.41, 5.74) is -0.549. The zero-order valence-corrected chi connectivity index (χ0v) is 15.8. The normalized spacial score (nSPS) is 11.1. The number of halogens is 1. The van der Waals surface area contributed by atoms with Gasteiger partial charge in [-0.15, -0.1) is 0 Å². The van der Waals surface area contributed by atoms with E-state index < -0.39 is 5.60 Å². The molecule has 146 valence electrons. The molecular weight excluding hydrogens is 361 g/mol. The van der Waals surface area contributed by atoms with Crippen molar-refractivity contribution in [1.29, 1.82) is 0 Å². The van der Waals surface area contributed by atoms with Crippen LogP contribution in [-0.4, -0.2) is 27.9 Å². The number of aromatic nitrogens is 2. The lowest BCUT2D eigenvalue weighted by molar-refractivity contribution is -0.128. The molecule has 0 atom stereocenters. The van der Waals surface area contributed by atoms with Crippen molar-refractivity contribution in [2.24, 2.45) is 0 Å². The van der Waals surface area contributed by atoms with Crippen molar-refractivity contribution < 1.29 is 18.7 Å². The lowest BCUT2D eigenvalue weighted by atomic mass is 10.1. The van der Waals surface area contributed by atoms with E-state index in [1.54, 1.807) is 42.9 Å². The highest BCUT2D eigenvalue weighted by Gasteiger charge is 2.30. The second kappa shape index (κ2) is 8.56. The predicted molar refractivity (Wildman–Crippen MR) is 104 cm³/mol. The van der Waals surface area contributed by atoms with Crippen molar-refractivity contribution in [3.05, 3.63) is 72.8 Å². The molecule has 2 aromatic carbocycles. The van der Waals surface area contributed by atoms with Gasteiger partial charge in [-0.05, 0) is 56.3 Å². The van der Waals surface area contributed by atoms with Crippen molar-refractivity contribution >= 4 is 11.6 Å². The number of nitrogens with one attached hydrogen (secondary N) is 1. The van der Waals surface area contributed by atoms with Crippen LogP contribution in [-0.2, 0) is 11.3 Å². The molecular formula is C21H22FN3O3. The van der Waals surface area contributed by atoms with Crippen molar-refractivity contribution in [2.45, 2.75) is 26.0 Å². The van der Waals surface area contributed by atoms with Crippen LogP contribution in [0.15, 0.2) is 67.0 Å². The monoisotopic (exact) mass is 383 g/mol. The van der Waals surface area contributed by atoms with Gasteiger partial charge in [-0.3, -0.25) is 9.48 Å². The molecule has 0 aliphatic rings. The molecule has 0 spiro atoms. The molecule has 1 amide bonds. The highest BCUT2D eigenvalue weighted by atomic mass is 19.1. The fourth-order valence-corrected chi connectivity index (χ4v) is 2.48. The highest BCUT2D eigenvalue weighted by molar-refractivity contribution is 5.97. The number of carbonyl (C=O) groups is 1. The molecule has 3 aromatic rings. The number of anilines is 1. The molecule has 0 saturated carbocycles. The molecule has 0 unspecified atom stereocenters. The van der Waals surface area contributed by atoms with Crippen LogP contribution < -0.4 is 14.8 Å². The summed E-state index contributed by atoms with van der Waals surface area (Å²) >= 11 is 0. The smallest absolute Gasteiger partial charge is 0.267 e. The molecule has 0 saturated heterocycles. The number of benzene rings is 2. The third-order valence-corrected chi connectivity index (χ3v) is 3.97. The molecule has 0 radical (unpaired) electrons. The summed E-state index contributed by atoms with van der Waals surface area (Å²) in [6, 6.07) is 14.5. The van der Waals surface area contributed by atoms with Crippen molar-refractivity contribution in [1.82, 2.24) is 9.78 Å². The van der Waals surface area contributed by atoms with Gasteiger partial charge in [0, 0.05) is 24.1 Å². The van der Waals surface area contributed by atoms with Crippen LogP contribution in [0.2, 0.25) is 0 Å². The molecule has 0 fully saturated rings. The quantitative estimate of drug-likeness (QED) is 0.641. The van der Waals surface area contributed by atoms with Gasteiger partial charge in [-0.25, -0.2) is 4.39 Å². The predicted octanol–water partition coefficient (Wildman–Crippen LogP) is 3.90. The molecule has 6 nitrogen and oxygen atoms in total. The minimum absolute atomic E-state index is 0.328. The van der Waals surface area contributed by atoms with E-state index in [0.29, 0.717) is 30.3 Å². The van der Waals surface area contributed by atoms with Crippen LogP contribution in [0.3, 0.4) is 0 Å². The Morgan fingerprint density at radius 2 is 1.93 bits per heavy atom. The lowest BCUT2D eigenvalue weighted by Crippen LogP contribution is -2.42. The number of carbonyl (C=O) groups excluding carboxylic acids is 1. The van der Waals surface area contributed by atoms with E-state index in [4.69, 9.17) is 9.47 Å². The van der Waals surface area contributed by atoms with E-state index in [1.165, 1.54) is 24.3 Å². The molecule has 0 aliphatic carbocycles. The van der Waals surface area contributed by atoms with Crippen molar-refractivity contribution in [3.63, 3.8) is 0 Å². The standard InChI is InChI=1S/C21H22FN3O3/c1-21(2,28-18-9-7-16(22)8-10-18)20(26)24-17-5-3-6-19(15-17)27-14-13-25-12-4-11-23-25/h3-12,15H,13-14H2,1-2H3,(H,24,26). The van der Waals surface area contributed by atoms with Crippen LogP contribution >= 0.6 is 0 Å². The van der Waals surface area contributed by atoms with E-state index in [-0.39, 0.29) is 11.7 Å². The summed E-state index contributed by atoms with van der Waals surface area (Å²) in [6.07, 6.45) is 3.58. The van der Waals surface area contributed by atoms with E-state index in [1.807, 2.05) is 18.3 Å². The van der Waals surface area contributed by atoms with Crippen LogP contribution in [0.5, 0.6) is 11.5 Å². The molecule has 0 aliphatic heterocycles. The molecule has 1 N–H and O–H groups in total. The number of nitrogens with zero attached hydrogens (tertiary/aromatic N) is 2. The van der Waals surface area contributed by atoms with Crippen LogP contribution in [0.25, 0.3) is 0 Å². The number of hydrogen-bond acceptors (Lipinski definition) is 4. The zero-order valence-electron chi connectivity index (χ0n) is 15.8. The fraction of sp³-hybridized carbons (Fsp3) is 0.238. The maximum Gasteiger partial charge on any atom is 0.267 e. The second-order valence-electron chi connectivity index (χ2n) is 6.67. The number of amides is 1. The summed E-state index contributed by atoms with van der Waals surface area (Å²) in [5.74, 6) is 0.365. The molecule has 3 rings (SSSR count). The number of rotatable bonds is 8. The van der Waals surface area contributed by atoms with Gasteiger partial charge in [0.05, 0.1) is 6.54 Å². The van der Waals surface area contributed by atoms with Crippen LogP contribution in [0.4, 0.5) is 10.1 Å². The minimum Gasteiger partial charge on any atom is -0.492 e. The van der Waals surface area contributed by atoms with E-state index in [9.17, 15) is 9.18 Å². The summed E-state index contributed by atoms with van der Waals surface area (Å²) in [5, 5.41) is 6.94. The minimum atomic E-state index is -1.14. The summed E-state index contributed by atoms with van der Waals surface area (Å²) in [6.45, 7) is 4.38. The Morgan fingerprint density at radius 1 is 1.14 bits per heavy atom. The first-order valence-electron chi connectivity index (χ1n) is 8.89. The average Bonchev–Trinajstić information content (AvgIpc) is 3.17. The molecule has 1 heterocycles. The number of ether oxygens (including phenoxy) is 2. The van der Waals surface area contributed by atoms with Gasteiger partial charge in [0.2, 0.25) is 0 Å². The number of hydrogen-bond donors (Lipinski definition) is 1. The van der Waals surface area contributed by atoms with Crippen LogP contribution in [0.1, 0.15) is 13.8 Å². The molecule has 28 heavy (non-hydrogen) atoms. The Balaban J connectivity index is 1.57. The largest absolute Gasteiger partial charge is 0.492 e. The molecule has 0 bridgehead atoms. The van der Waals surface area contributed by atoms with Gasteiger partial charge in [-0.1, -0.05) is 6.07 Å². The van der Waals surface area contributed by atoms with Gasteiger partial charge >= 0.3 is 0 Å².